The zero-order valence-corrected chi connectivity index (χ0v) is 13.4. The lowest BCUT2D eigenvalue weighted by Gasteiger charge is -2.29. The van der Waals surface area contributed by atoms with Gasteiger partial charge in [-0.2, -0.15) is 0 Å². The van der Waals surface area contributed by atoms with Crippen LogP contribution in [0.5, 0.6) is 0 Å². The Morgan fingerprint density at radius 2 is 1.65 bits per heavy atom. The lowest BCUT2D eigenvalue weighted by Crippen LogP contribution is -2.38. The van der Waals surface area contributed by atoms with Crippen LogP contribution in [0.25, 0.3) is 0 Å². The lowest BCUT2D eigenvalue weighted by molar-refractivity contribution is -0.133. The summed E-state index contributed by atoms with van der Waals surface area (Å²) in [6.07, 6.45) is 5.69. The molecule has 116 valence electrons. The maximum absolute atomic E-state index is 11.1. The van der Waals surface area contributed by atoms with E-state index in [9.17, 15) is 9.59 Å². The number of carbonyl (C=O) groups is 2. The molecule has 0 aromatic carbocycles. The van der Waals surface area contributed by atoms with Crippen molar-refractivity contribution in [2.24, 2.45) is 0 Å². The third kappa shape index (κ3) is 6.04. The van der Waals surface area contributed by atoms with Crippen LogP contribution in [0.3, 0.4) is 0 Å². The Morgan fingerprint density at radius 1 is 1.00 bits per heavy atom. The second-order valence-electron chi connectivity index (χ2n) is 6.01. The minimum absolute atomic E-state index is 0.355. The summed E-state index contributed by atoms with van der Waals surface area (Å²) in [6.45, 7) is 10.4. The predicted molar refractivity (Wildman–Crippen MR) is 81.7 cm³/mol. The fraction of sp³-hybridized carbons (Fsp3) is 0.875. The standard InChI is InChI=1S/2C8H15NO/c1-7(2)9-5-3-8(10)4-6-9;1-2-6-9-7-4-3-5-8(9)10/h7H,3-6H2,1-2H3;2-7H2,1H3. The summed E-state index contributed by atoms with van der Waals surface area (Å²) < 4.78 is 0. The van der Waals surface area contributed by atoms with Gasteiger partial charge in [-0.3, -0.25) is 9.59 Å². The number of piperidine rings is 2. The van der Waals surface area contributed by atoms with Gasteiger partial charge in [0.2, 0.25) is 5.91 Å². The number of hydrogen-bond acceptors (Lipinski definition) is 3. The van der Waals surface area contributed by atoms with Gasteiger partial charge in [0.1, 0.15) is 5.78 Å². The molecule has 0 atom stereocenters. The maximum Gasteiger partial charge on any atom is 0.222 e. The minimum Gasteiger partial charge on any atom is -0.343 e. The first kappa shape index (κ1) is 17.2. The molecule has 2 aliphatic heterocycles. The van der Waals surface area contributed by atoms with Gasteiger partial charge in [0, 0.05) is 51.5 Å². The molecule has 4 nitrogen and oxygen atoms in total. The van der Waals surface area contributed by atoms with Gasteiger partial charge in [-0.1, -0.05) is 6.92 Å². The molecule has 0 bridgehead atoms. The van der Waals surface area contributed by atoms with Crippen molar-refractivity contribution >= 4 is 11.7 Å². The van der Waals surface area contributed by atoms with Crippen molar-refractivity contribution in [2.75, 3.05) is 26.2 Å². The molecule has 0 N–H and O–H groups in total. The second kappa shape index (κ2) is 9.11. The molecule has 0 aromatic rings. The highest BCUT2D eigenvalue weighted by Crippen LogP contribution is 2.10. The number of amides is 1. The van der Waals surface area contributed by atoms with Gasteiger partial charge in [0.15, 0.2) is 0 Å². The van der Waals surface area contributed by atoms with Crippen LogP contribution in [0.2, 0.25) is 0 Å². The van der Waals surface area contributed by atoms with Crippen molar-refractivity contribution in [2.45, 2.75) is 65.3 Å². The van der Waals surface area contributed by atoms with Crippen LogP contribution in [0.4, 0.5) is 0 Å². The Balaban J connectivity index is 0.000000200. The lowest BCUT2D eigenvalue weighted by atomic mass is 10.1. The summed E-state index contributed by atoms with van der Waals surface area (Å²) >= 11 is 0. The van der Waals surface area contributed by atoms with Crippen molar-refractivity contribution in [1.29, 1.82) is 0 Å². The summed E-state index contributed by atoms with van der Waals surface area (Å²) in [7, 11) is 0. The third-order valence-corrected chi connectivity index (χ3v) is 4.00. The molecule has 4 heteroatoms. The average Bonchev–Trinajstić information content (AvgIpc) is 2.43. The summed E-state index contributed by atoms with van der Waals surface area (Å²) in [6, 6.07) is 0.605. The minimum atomic E-state index is 0.355. The maximum atomic E-state index is 11.1. The van der Waals surface area contributed by atoms with E-state index in [4.69, 9.17) is 0 Å². The van der Waals surface area contributed by atoms with E-state index in [-0.39, 0.29) is 0 Å². The molecule has 2 fully saturated rings. The third-order valence-electron chi connectivity index (χ3n) is 4.00. The van der Waals surface area contributed by atoms with E-state index in [1.54, 1.807) is 0 Å². The van der Waals surface area contributed by atoms with E-state index in [0.717, 1.165) is 58.3 Å². The topological polar surface area (TPSA) is 40.6 Å². The highest BCUT2D eigenvalue weighted by molar-refractivity contribution is 5.79. The number of nitrogens with zero attached hydrogens (tertiary/aromatic N) is 2. The van der Waals surface area contributed by atoms with Crippen molar-refractivity contribution in [3.63, 3.8) is 0 Å². The van der Waals surface area contributed by atoms with Crippen LogP contribution in [-0.4, -0.2) is 53.7 Å². The number of likely N-dealkylation sites (tertiary alicyclic amines) is 2. The van der Waals surface area contributed by atoms with Gasteiger partial charge in [-0.25, -0.2) is 0 Å². The van der Waals surface area contributed by atoms with Crippen molar-refractivity contribution in [3.8, 4) is 0 Å². The second-order valence-corrected chi connectivity index (χ2v) is 6.01. The molecular weight excluding hydrogens is 252 g/mol. The van der Waals surface area contributed by atoms with Crippen LogP contribution in [0.1, 0.15) is 59.3 Å². The zero-order chi connectivity index (χ0) is 15.0. The molecule has 0 spiro atoms. The molecule has 2 saturated heterocycles. The number of hydrogen-bond donors (Lipinski definition) is 0. The quantitative estimate of drug-likeness (QED) is 0.798. The number of carbonyl (C=O) groups excluding carboxylic acids is 2. The van der Waals surface area contributed by atoms with E-state index >= 15 is 0 Å². The Kier molecular flexibility index (Phi) is 7.82. The van der Waals surface area contributed by atoms with E-state index in [0.29, 0.717) is 17.7 Å². The number of rotatable bonds is 3. The first-order valence-electron chi connectivity index (χ1n) is 8.08. The summed E-state index contributed by atoms with van der Waals surface area (Å²) in [5.74, 6) is 0.782. The molecule has 20 heavy (non-hydrogen) atoms. The van der Waals surface area contributed by atoms with Gasteiger partial charge in [0.25, 0.3) is 0 Å². The summed E-state index contributed by atoms with van der Waals surface area (Å²) in [4.78, 5) is 26.2. The van der Waals surface area contributed by atoms with Gasteiger partial charge < -0.3 is 9.80 Å². The van der Waals surface area contributed by atoms with Gasteiger partial charge in [-0.15, -0.1) is 0 Å². The fourth-order valence-corrected chi connectivity index (χ4v) is 2.66. The highest BCUT2D eigenvalue weighted by Gasteiger charge is 2.17. The smallest absolute Gasteiger partial charge is 0.222 e. The Hall–Kier alpha value is -0.900. The number of ketones is 1. The molecular formula is C16H30N2O2. The van der Waals surface area contributed by atoms with Crippen LogP contribution in [0, 0.1) is 0 Å². The Bertz CT molecular complexity index is 304. The molecule has 2 aliphatic rings. The van der Waals surface area contributed by atoms with E-state index in [2.05, 4.69) is 25.7 Å². The average molecular weight is 282 g/mol. The summed E-state index contributed by atoms with van der Waals surface area (Å²) in [5, 5.41) is 0. The van der Waals surface area contributed by atoms with Crippen molar-refractivity contribution in [3.05, 3.63) is 0 Å². The zero-order valence-electron chi connectivity index (χ0n) is 13.4. The predicted octanol–water partition coefficient (Wildman–Crippen LogP) is 2.47. The fourth-order valence-electron chi connectivity index (χ4n) is 2.66. The molecule has 0 saturated carbocycles. The summed E-state index contributed by atoms with van der Waals surface area (Å²) in [5.41, 5.74) is 0. The SMILES string of the molecule is CC(C)N1CCC(=O)CC1.CCCN1CCCCC1=O. The van der Waals surface area contributed by atoms with E-state index in [1.807, 2.05) is 4.90 Å². The van der Waals surface area contributed by atoms with Crippen LogP contribution in [-0.2, 0) is 9.59 Å². The molecule has 0 aromatic heterocycles. The molecule has 2 rings (SSSR count). The highest BCUT2D eigenvalue weighted by atomic mass is 16.2. The Labute approximate surface area is 123 Å². The molecule has 0 radical (unpaired) electrons. The van der Waals surface area contributed by atoms with Crippen molar-refractivity contribution < 1.29 is 9.59 Å². The number of Topliss-reactive ketones (excluding diaryl/α,β-unsaturated/α-hetero) is 1. The van der Waals surface area contributed by atoms with E-state index < -0.39 is 0 Å². The largest absolute Gasteiger partial charge is 0.343 e. The molecule has 2 heterocycles. The van der Waals surface area contributed by atoms with Gasteiger partial charge >= 0.3 is 0 Å². The molecule has 0 aliphatic carbocycles. The van der Waals surface area contributed by atoms with Crippen LogP contribution >= 0.6 is 0 Å². The van der Waals surface area contributed by atoms with Crippen LogP contribution in [0.15, 0.2) is 0 Å². The van der Waals surface area contributed by atoms with Crippen molar-refractivity contribution in [1.82, 2.24) is 9.80 Å². The van der Waals surface area contributed by atoms with Gasteiger partial charge in [-0.05, 0) is 33.1 Å². The van der Waals surface area contributed by atoms with Gasteiger partial charge in [0.05, 0.1) is 0 Å². The Morgan fingerprint density at radius 3 is 2.15 bits per heavy atom. The monoisotopic (exact) mass is 282 g/mol. The first-order valence-corrected chi connectivity index (χ1v) is 8.08. The van der Waals surface area contributed by atoms with E-state index in [1.165, 1.54) is 6.42 Å². The van der Waals surface area contributed by atoms with Crippen LogP contribution < -0.4 is 0 Å². The molecule has 0 unspecified atom stereocenters. The first-order chi connectivity index (χ1) is 9.54. The normalized spacial score (nSPS) is 20.9. The molecule has 1 amide bonds.